The van der Waals surface area contributed by atoms with Gasteiger partial charge in [-0.2, -0.15) is 13.2 Å². The van der Waals surface area contributed by atoms with Crippen LogP contribution < -0.4 is 16.6 Å². The number of aliphatic imine (C=N–C) groups is 1. The van der Waals surface area contributed by atoms with E-state index in [0.717, 1.165) is 17.0 Å². The molecule has 0 spiro atoms. The summed E-state index contributed by atoms with van der Waals surface area (Å²) < 4.78 is 40.1. The first kappa shape index (κ1) is 29.8. The Morgan fingerprint density at radius 3 is 2.40 bits per heavy atom. The van der Waals surface area contributed by atoms with Gasteiger partial charge in [-0.1, -0.05) is 19.1 Å². The van der Waals surface area contributed by atoms with E-state index in [1.54, 1.807) is 32.1 Å². The van der Waals surface area contributed by atoms with Crippen molar-refractivity contribution in [2.75, 3.05) is 5.32 Å². The summed E-state index contributed by atoms with van der Waals surface area (Å²) >= 11 is 0. The monoisotopic (exact) mass is 557 g/mol. The van der Waals surface area contributed by atoms with E-state index in [4.69, 9.17) is 0 Å². The summed E-state index contributed by atoms with van der Waals surface area (Å²) in [4.78, 5) is 64.4. The molecule has 0 aliphatic rings. The van der Waals surface area contributed by atoms with Gasteiger partial charge in [0.05, 0.1) is 23.7 Å². The van der Waals surface area contributed by atoms with Gasteiger partial charge in [-0.25, -0.2) is 24.7 Å². The second kappa shape index (κ2) is 12.0. The largest absolute Gasteiger partial charge is 0.451 e. The molecule has 3 heterocycles. The number of Topliss-reactive ketones (excluding diaryl/α,β-unsaturated/α-hetero) is 1. The highest BCUT2D eigenvalue weighted by atomic mass is 19.4. The van der Waals surface area contributed by atoms with Crippen LogP contribution in [0.1, 0.15) is 32.2 Å². The van der Waals surface area contributed by atoms with Gasteiger partial charge >= 0.3 is 11.9 Å². The van der Waals surface area contributed by atoms with Crippen LogP contribution in [0.2, 0.25) is 0 Å². The van der Waals surface area contributed by atoms with E-state index < -0.39 is 35.1 Å². The smallest absolute Gasteiger partial charge is 0.310 e. The summed E-state index contributed by atoms with van der Waals surface area (Å²) in [5.41, 5.74) is -0.0389. The molecule has 40 heavy (non-hydrogen) atoms. The summed E-state index contributed by atoms with van der Waals surface area (Å²) in [6, 6.07) is 4.64. The molecule has 0 aliphatic heterocycles. The number of hydrogen-bond acceptors (Lipinski definition) is 8. The molecule has 1 atom stereocenters. The Hall–Kier alpha value is -4.75. The molecule has 210 valence electrons. The van der Waals surface area contributed by atoms with Crippen LogP contribution in [0, 0.1) is 12.8 Å². The topological polar surface area (TPSA) is 141 Å². The summed E-state index contributed by atoms with van der Waals surface area (Å²) in [6.07, 6.45) is 0.352. The highest BCUT2D eigenvalue weighted by Crippen LogP contribution is 2.27. The average Bonchev–Trinajstić information content (AvgIpc) is 2.89. The summed E-state index contributed by atoms with van der Waals surface area (Å²) in [5, 5.41) is 2.64. The minimum atomic E-state index is -4.66. The van der Waals surface area contributed by atoms with E-state index in [0.29, 0.717) is 5.57 Å². The maximum Gasteiger partial charge on any atom is 0.451 e. The predicted molar refractivity (Wildman–Crippen MR) is 141 cm³/mol. The van der Waals surface area contributed by atoms with Crippen molar-refractivity contribution in [3.8, 4) is 11.3 Å². The summed E-state index contributed by atoms with van der Waals surface area (Å²) in [5.74, 6) is -2.39. The molecule has 1 N–H and O–H groups in total. The van der Waals surface area contributed by atoms with E-state index in [-0.39, 0.29) is 40.8 Å². The van der Waals surface area contributed by atoms with Gasteiger partial charge in [-0.3, -0.25) is 23.5 Å². The van der Waals surface area contributed by atoms with Crippen molar-refractivity contribution in [2.24, 2.45) is 18.0 Å². The molecule has 14 heteroatoms. The molecule has 3 rings (SSSR count). The Morgan fingerprint density at radius 2 is 1.80 bits per heavy atom. The van der Waals surface area contributed by atoms with Gasteiger partial charge in [0.15, 0.2) is 0 Å². The molecule has 0 fully saturated rings. The molecule has 0 bridgehead atoms. The van der Waals surface area contributed by atoms with Crippen molar-refractivity contribution >= 4 is 29.5 Å². The third kappa shape index (κ3) is 7.01. The number of nitrogens with zero attached hydrogens (tertiary/aromatic N) is 6. The fourth-order valence-corrected chi connectivity index (χ4v) is 3.64. The molecule has 0 aliphatic carbocycles. The van der Waals surface area contributed by atoms with Crippen LogP contribution in [-0.4, -0.2) is 42.0 Å². The lowest BCUT2D eigenvalue weighted by atomic mass is 10.1. The van der Waals surface area contributed by atoms with Gasteiger partial charge in [0.25, 0.3) is 5.56 Å². The second-order valence-corrected chi connectivity index (χ2v) is 9.03. The number of carbonyl (C=O) groups excluding carboxylic acids is 2. The highest BCUT2D eigenvalue weighted by Gasteiger charge is 2.34. The van der Waals surface area contributed by atoms with Gasteiger partial charge < -0.3 is 5.32 Å². The molecular formula is C26H26F3N7O4. The standard InChI is InChI=1S/C26H26F3N7O4/c1-14(10-30-21-17(4)23(39)36(13-16(3)37)25(40)35(21)5)9-15(2)22(38)34-20-8-6-7-19(33-20)18-11-31-24(32-12-18)26(27,28)29/h6-12,15H,13H2,1-5H3,(H,33,34,38)/b14-9-,30-10?/t15-/m1/s1. The zero-order chi connectivity index (χ0) is 29.8. The van der Waals surface area contributed by atoms with Crippen LogP contribution in [0.5, 0.6) is 0 Å². The Kier molecular flexibility index (Phi) is 8.92. The molecule has 11 nitrogen and oxygen atoms in total. The predicted octanol–water partition coefficient (Wildman–Crippen LogP) is 3.24. The van der Waals surface area contributed by atoms with Crippen molar-refractivity contribution in [3.05, 3.63) is 74.5 Å². The van der Waals surface area contributed by atoms with Crippen molar-refractivity contribution in [1.82, 2.24) is 24.1 Å². The lowest BCUT2D eigenvalue weighted by molar-refractivity contribution is -0.145. The number of aromatic nitrogens is 5. The zero-order valence-corrected chi connectivity index (χ0v) is 22.3. The molecule has 0 saturated carbocycles. The molecule has 0 saturated heterocycles. The van der Waals surface area contributed by atoms with E-state index >= 15 is 0 Å². The molecule has 3 aromatic heterocycles. The fraction of sp³-hybridized carbons (Fsp3) is 0.308. The Morgan fingerprint density at radius 1 is 1.15 bits per heavy atom. The van der Waals surface area contributed by atoms with Gasteiger partial charge in [0.2, 0.25) is 11.7 Å². The highest BCUT2D eigenvalue weighted by molar-refractivity contribution is 5.94. The Bertz CT molecular complexity index is 1580. The molecule has 1 amide bonds. The van der Waals surface area contributed by atoms with E-state index in [2.05, 4.69) is 25.3 Å². The van der Waals surface area contributed by atoms with Crippen molar-refractivity contribution in [3.63, 3.8) is 0 Å². The number of ketones is 1. The van der Waals surface area contributed by atoms with E-state index in [1.807, 2.05) is 0 Å². The van der Waals surface area contributed by atoms with Gasteiger partial charge in [-0.05, 0) is 38.5 Å². The minimum absolute atomic E-state index is 0.118. The number of hydrogen-bond donors (Lipinski definition) is 1. The first-order valence-corrected chi connectivity index (χ1v) is 11.9. The molecule has 3 aromatic rings. The van der Waals surface area contributed by atoms with E-state index in [1.165, 1.54) is 37.7 Å². The Balaban J connectivity index is 1.74. The number of pyridine rings is 1. The van der Waals surface area contributed by atoms with E-state index in [9.17, 15) is 32.3 Å². The minimum Gasteiger partial charge on any atom is -0.310 e. The van der Waals surface area contributed by atoms with Crippen molar-refractivity contribution in [2.45, 2.75) is 40.4 Å². The second-order valence-electron chi connectivity index (χ2n) is 9.03. The number of alkyl halides is 3. The first-order chi connectivity index (χ1) is 18.7. The summed E-state index contributed by atoms with van der Waals surface area (Å²) in [6.45, 7) is 5.75. The molecule has 0 unspecified atom stereocenters. The average molecular weight is 558 g/mol. The number of carbonyl (C=O) groups is 2. The van der Waals surface area contributed by atoms with Gasteiger partial charge in [0.1, 0.15) is 17.4 Å². The van der Waals surface area contributed by atoms with Crippen molar-refractivity contribution < 1.29 is 22.8 Å². The lowest BCUT2D eigenvalue weighted by Crippen LogP contribution is -2.41. The number of allylic oxidation sites excluding steroid dienone is 1. The maximum absolute atomic E-state index is 12.7. The van der Waals surface area contributed by atoms with Crippen molar-refractivity contribution in [1.29, 1.82) is 0 Å². The first-order valence-electron chi connectivity index (χ1n) is 11.9. The normalized spacial score (nSPS) is 12.9. The number of anilines is 1. The quantitative estimate of drug-likeness (QED) is 0.419. The number of rotatable bonds is 8. The SMILES string of the molecule is CC(=O)Cn1c(=O)c(C)c(N=C/C(C)=C\[C@@H](C)C(=O)Nc2cccc(-c3cnc(C(F)(F)F)nc3)n2)n(C)c1=O. The van der Waals surface area contributed by atoms with Crippen LogP contribution in [0.3, 0.4) is 0 Å². The zero-order valence-electron chi connectivity index (χ0n) is 22.3. The van der Waals surface area contributed by atoms with Gasteiger partial charge in [-0.15, -0.1) is 0 Å². The summed E-state index contributed by atoms with van der Waals surface area (Å²) in [7, 11) is 1.44. The van der Waals surface area contributed by atoms with Crippen LogP contribution in [-0.2, 0) is 29.4 Å². The van der Waals surface area contributed by atoms with Crippen LogP contribution in [0.4, 0.5) is 24.8 Å². The molecule has 0 radical (unpaired) electrons. The molecule has 0 aromatic carbocycles. The Labute approximate surface area is 226 Å². The molecular weight excluding hydrogens is 531 g/mol. The third-order valence-electron chi connectivity index (χ3n) is 5.64. The van der Waals surface area contributed by atoms with Gasteiger partial charge in [0, 0.05) is 31.2 Å². The fourth-order valence-electron chi connectivity index (χ4n) is 3.64. The number of amides is 1. The third-order valence-corrected chi connectivity index (χ3v) is 5.64. The number of halogens is 3. The lowest BCUT2D eigenvalue weighted by Gasteiger charge is -2.11. The van der Waals surface area contributed by atoms with Crippen LogP contribution in [0.25, 0.3) is 11.3 Å². The van der Waals surface area contributed by atoms with Crippen LogP contribution in [0.15, 0.2) is 56.8 Å². The maximum atomic E-state index is 12.7. The number of nitrogens with one attached hydrogen (secondary N) is 1. The van der Waals surface area contributed by atoms with Crippen LogP contribution >= 0.6 is 0 Å².